The zero-order chi connectivity index (χ0) is 16.8. The van der Waals surface area contributed by atoms with E-state index in [9.17, 15) is 4.79 Å². The SMILES string of the molecule is C[C@H](CC(=O)N1CCOCC1)NC[C@@H]1CCO[C@@H]1c1ccccc1. The third-order valence-electron chi connectivity index (χ3n) is 4.92. The van der Waals surface area contributed by atoms with Gasteiger partial charge in [0.05, 0.1) is 19.3 Å². The van der Waals surface area contributed by atoms with Crippen LogP contribution in [0, 0.1) is 5.92 Å². The summed E-state index contributed by atoms with van der Waals surface area (Å²) in [4.78, 5) is 14.2. The monoisotopic (exact) mass is 332 g/mol. The van der Waals surface area contributed by atoms with Crippen molar-refractivity contribution in [2.24, 2.45) is 5.92 Å². The highest BCUT2D eigenvalue weighted by Gasteiger charge is 2.29. The molecule has 0 bridgehead atoms. The Morgan fingerprint density at radius 1 is 1.25 bits per heavy atom. The molecule has 0 aliphatic carbocycles. The maximum atomic E-state index is 12.3. The number of hydrogen-bond donors (Lipinski definition) is 1. The smallest absolute Gasteiger partial charge is 0.224 e. The van der Waals surface area contributed by atoms with Crippen molar-refractivity contribution in [2.75, 3.05) is 39.5 Å². The van der Waals surface area contributed by atoms with Gasteiger partial charge >= 0.3 is 0 Å². The number of ether oxygens (including phenoxy) is 2. The third-order valence-corrected chi connectivity index (χ3v) is 4.92. The summed E-state index contributed by atoms with van der Waals surface area (Å²) < 4.78 is 11.2. The van der Waals surface area contributed by atoms with E-state index in [2.05, 4.69) is 36.5 Å². The molecule has 0 unspecified atom stereocenters. The van der Waals surface area contributed by atoms with Gasteiger partial charge in [0, 0.05) is 44.6 Å². The maximum Gasteiger partial charge on any atom is 0.224 e. The minimum absolute atomic E-state index is 0.167. The van der Waals surface area contributed by atoms with Gasteiger partial charge in [-0.05, 0) is 18.9 Å². The zero-order valence-corrected chi connectivity index (χ0v) is 14.4. The summed E-state index contributed by atoms with van der Waals surface area (Å²) in [5.74, 6) is 0.689. The van der Waals surface area contributed by atoms with Crippen molar-refractivity contribution < 1.29 is 14.3 Å². The molecule has 1 amide bonds. The van der Waals surface area contributed by atoms with E-state index in [0.717, 1.165) is 32.7 Å². The number of morpholine rings is 1. The number of nitrogens with one attached hydrogen (secondary N) is 1. The van der Waals surface area contributed by atoms with Crippen molar-refractivity contribution in [3.8, 4) is 0 Å². The Bertz CT molecular complexity index is 517. The van der Waals surface area contributed by atoms with Crippen LogP contribution in [0.2, 0.25) is 0 Å². The van der Waals surface area contributed by atoms with Crippen LogP contribution >= 0.6 is 0 Å². The van der Waals surface area contributed by atoms with Gasteiger partial charge in [0.2, 0.25) is 5.91 Å². The van der Waals surface area contributed by atoms with Gasteiger partial charge in [0.15, 0.2) is 0 Å². The van der Waals surface area contributed by atoms with Crippen LogP contribution in [0.25, 0.3) is 0 Å². The van der Waals surface area contributed by atoms with Crippen molar-refractivity contribution in [2.45, 2.75) is 31.9 Å². The lowest BCUT2D eigenvalue weighted by Gasteiger charge is -2.28. The van der Waals surface area contributed by atoms with E-state index in [0.29, 0.717) is 25.6 Å². The molecule has 3 rings (SSSR count). The maximum absolute atomic E-state index is 12.3. The standard InChI is InChI=1S/C19H28N2O3/c1-15(13-18(22)21-8-11-23-12-9-21)20-14-17-7-10-24-19(17)16-5-3-2-4-6-16/h2-6,15,17,19-20H,7-14H2,1H3/t15-,17+,19-/m1/s1. The molecule has 1 aromatic carbocycles. The number of hydrogen-bond acceptors (Lipinski definition) is 4. The molecule has 1 aromatic rings. The van der Waals surface area contributed by atoms with Crippen LogP contribution in [0.15, 0.2) is 30.3 Å². The fraction of sp³-hybridized carbons (Fsp3) is 0.632. The van der Waals surface area contributed by atoms with Crippen LogP contribution in [0.4, 0.5) is 0 Å². The quantitative estimate of drug-likeness (QED) is 0.866. The Labute approximate surface area is 144 Å². The third kappa shape index (κ3) is 4.56. The second-order valence-corrected chi connectivity index (χ2v) is 6.76. The first-order chi connectivity index (χ1) is 11.7. The van der Waals surface area contributed by atoms with E-state index in [4.69, 9.17) is 9.47 Å². The average molecular weight is 332 g/mol. The number of nitrogens with zero attached hydrogens (tertiary/aromatic N) is 1. The predicted octanol–water partition coefficient (Wildman–Crippen LogP) is 1.99. The molecule has 0 spiro atoms. The van der Waals surface area contributed by atoms with E-state index in [-0.39, 0.29) is 18.1 Å². The Morgan fingerprint density at radius 3 is 2.75 bits per heavy atom. The van der Waals surface area contributed by atoms with Crippen molar-refractivity contribution in [3.05, 3.63) is 35.9 Å². The number of benzene rings is 1. The minimum Gasteiger partial charge on any atom is -0.378 e. The van der Waals surface area contributed by atoms with Crippen LogP contribution < -0.4 is 5.32 Å². The van der Waals surface area contributed by atoms with E-state index in [1.807, 2.05) is 11.0 Å². The van der Waals surface area contributed by atoms with Gasteiger partial charge in [-0.15, -0.1) is 0 Å². The molecule has 2 aliphatic rings. The first-order valence-corrected chi connectivity index (χ1v) is 8.99. The fourth-order valence-corrected chi connectivity index (χ4v) is 3.48. The second-order valence-electron chi connectivity index (χ2n) is 6.76. The van der Waals surface area contributed by atoms with Crippen LogP contribution in [0.5, 0.6) is 0 Å². The summed E-state index contributed by atoms with van der Waals surface area (Å²) in [6, 6.07) is 10.6. The molecule has 2 aliphatic heterocycles. The first-order valence-electron chi connectivity index (χ1n) is 8.99. The minimum atomic E-state index is 0.167. The Hall–Kier alpha value is -1.43. The van der Waals surface area contributed by atoms with Gasteiger partial charge in [-0.25, -0.2) is 0 Å². The summed E-state index contributed by atoms with van der Waals surface area (Å²) in [6.07, 6.45) is 1.78. The van der Waals surface area contributed by atoms with Crippen LogP contribution in [-0.4, -0.2) is 56.3 Å². The molecule has 2 saturated heterocycles. The predicted molar refractivity (Wildman–Crippen MR) is 92.7 cm³/mol. The van der Waals surface area contributed by atoms with Gasteiger partial charge < -0.3 is 19.7 Å². The normalized spacial score (nSPS) is 25.6. The van der Waals surface area contributed by atoms with Gasteiger partial charge in [0.1, 0.15) is 0 Å². The molecule has 132 valence electrons. The molecule has 0 aromatic heterocycles. The lowest BCUT2D eigenvalue weighted by molar-refractivity contribution is -0.135. The van der Waals surface area contributed by atoms with Gasteiger partial charge in [-0.3, -0.25) is 4.79 Å². The molecule has 24 heavy (non-hydrogen) atoms. The molecular formula is C19H28N2O3. The topological polar surface area (TPSA) is 50.8 Å². The lowest BCUT2D eigenvalue weighted by atomic mass is 9.95. The van der Waals surface area contributed by atoms with E-state index in [1.165, 1.54) is 5.56 Å². The molecule has 0 radical (unpaired) electrons. The van der Waals surface area contributed by atoms with E-state index in [1.54, 1.807) is 0 Å². The second kappa shape index (κ2) is 8.60. The fourth-order valence-electron chi connectivity index (χ4n) is 3.48. The average Bonchev–Trinajstić information content (AvgIpc) is 3.10. The number of carbonyl (C=O) groups is 1. The van der Waals surface area contributed by atoms with Gasteiger partial charge in [-0.1, -0.05) is 30.3 Å². The summed E-state index contributed by atoms with van der Waals surface area (Å²) >= 11 is 0. The van der Waals surface area contributed by atoms with Crippen LogP contribution in [-0.2, 0) is 14.3 Å². The summed E-state index contributed by atoms with van der Waals surface area (Å²) in [5.41, 5.74) is 1.25. The van der Waals surface area contributed by atoms with Crippen molar-refractivity contribution in [3.63, 3.8) is 0 Å². The van der Waals surface area contributed by atoms with Crippen molar-refractivity contribution in [1.29, 1.82) is 0 Å². The van der Waals surface area contributed by atoms with Gasteiger partial charge in [-0.2, -0.15) is 0 Å². The number of carbonyl (C=O) groups excluding carboxylic acids is 1. The largest absolute Gasteiger partial charge is 0.378 e. The van der Waals surface area contributed by atoms with E-state index >= 15 is 0 Å². The molecule has 3 atom stereocenters. The molecule has 5 heteroatoms. The van der Waals surface area contributed by atoms with Crippen molar-refractivity contribution >= 4 is 5.91 Å². The van der Waals surface area contributed by atoms with Crippen LogP contribution in [0.3, 0.4) is 0 Å². The molecule has 1 N–H and O–H groups in total. The van der Waals surface area contributed by atoms with Gasteiger partial charge in [0.25, 0.3) is 0 Å². The number of rotatable bonds is 6. The Morgan fingerprint density at radius 2 is 2.00 bits per heavy atom. The highest BCUT2D eigenvalue weighted by atomic mass is 16.5. The summed E-state index contributed by atoms with van der Waals surface area (Å²) in [7, 11) is 0. The van der Waals surface area contributed by atoms with E-state index < -0.39 is 0 Å². The zero-order valence-electron chi connectivity index (χ0n) is 14.4. The molecular weight excluding hydrogens is 304 g/mol. The molecule has 2 fully saturated rings. The highest BCUT2D eigenvalue weighted by molar-refractivity contribution is 5.76. The Balaban J connectivity index is 1.45. The Kier molecular flexibility index (Phi) is 6.24. The highest BCUT2D eigenvalue weighted by Crippen LogP contribution is 2.33. The molecule has 2 heterocycles. The molecule has 5 nitrogen and oxygen atoms in total. The number of amides is 1. The first kappa shape index (κ1) is 17.4. The summed E-state index contributed by atoms with van der Waals surface area (Å²) in [6.45, 7) is 6.55. The van der Waals surface area contributed by atoms with Crippen LogP contribution in [0.1, 0.15) is 31.4 Å². The lowest BCUT2D eigenvalue weighted by Crippen LogP contribution is -2.43. The molecule has 0 saturated carbocycles. The summed E-state index contributed by atoms with van der Waals surface area (Å²) in [5, 5.41) is 3.54. The van der Waals surface area contributed by atoms with Crippen molar-refractivity contribution in [1.82, 2.24) is 10.2 Å².